The molecule has 0 unspecified atom stereocenters. The van der Waals surface area contributed by atoms with E-state index in [0.717, 1.165) is 23.5 Å². The second-order valence-corrected chi connectivity index (χ2v) is 7.91. The normalized spacial score (nSPS) is 11.9. The van der Waals surface area contributed by atoms with Crippen LogP contribution in [-0.4, -0.2) is 49.8 Å². The largest absolute Gasteiger partial charge is 0.476 e. The number of ketones is 1. The first-order chi connectivity index (χ1) is 13.1. The Morgan fingerprint density at radius 3 is 2.71 bits per heavy atom. The lowest BCUT2D eigenvalue weighted by molar-refractivity contribution is -0.117. The molecule has 2 rings (SSSR count). The predicted octanol–water partition coefficient (Wildman–Crippen LogP) is 0.427. The molecule has 0 atom stereocenters. The molecule has 0 aliphatic rings. The molecule has 1 aromatic carbocycles. The van der Waals surface area contributed by atoms with Crippen molar-refractivity contribution in [2.75, 3.05) is 18.3 Å². The number of halogens is 1. The molecule has 0 saturated heterocycles. The second-order valence-electron chi connectivity index (χ2n) is 5.37. The van der Waals surface area contributed by atoms with Crippen molar-refractivity contribution in [2.45, 2.75) is 11.3 Å². The highest BCUT2D eigenvalue weighted by Crippen LogP contribution is 2.25. The molecule has 0 aliphatic carbocycles. The summed E-state index contributed by atoms with van der Waals surface area (Å²) in [5, 5.41) is 11.3. The van der Waals surface area contributed by atoms with Gasteiger partial charge in [-0.25, -0.2) is 22.6 Å². The molecule has 10 nitrogen and oxygen atoms in total. The van der Waals surface area contributed by atoms with E-state index in [9.17, 15) is 22.4 Å². The summed E-state index contributed by atoms with van der Waals surface area (Å²) in [6, 6.07) is 3.04. The van der Waals surface area contributed by atoms with Crippen LogP contribution in [0.3, 0.4) is 0 Å². The Kier molecular flexibility index (Phi) is 6.64. The van der Waals surface area contributed by atoms with E-state index in [4.69, 9.17) is 10.8 Å². The number of Topliss-reactive ketones (excluding diaryl/α,β-unsaturated/α-hetero) is 1. The van der Waals surface area contributed by atoms with E-state index < -0.39 is 32.4 Å². The Hall–Kier alpha value is -3.06. The number of anilines is 1. The van der Waals surface area contributed by atoms with Gasteiger partial charge in [-0.05, 0) is 17.7 Å². The third-order valence-corrected chi connectivity index (χ3v) is 5.65. The first-order valence-electron chi connectivity index (χ1n) is 7.60. The summed E-state index contributed by atoms with van der Waals surface area (Å²) in [6.45, 7) is -0.159. The summed E-state index contributed by atoms with van der Waals surface area (Å²) in [4.78, 5) is 29.6. The summed E-state index contributed by atoms with van der Waals surface area (Å²) in [7, 11) is -2.81. The number of hydrogen-bond acceptors (Lipinski definition) is 7. The van der Waals surface area contributed by atoms with Crippen molar-refractivity contribution in [2.24, 2.45) is 10.7 Å². The van der Waals surface area contributed by atoms with E-state index in [0.29, 0.717) is 0 Å². The molecule has 0 radical (unpaired) electrons. The summed E-state index contributed by atoms with van der Waals surface area (Å²) in [6.07, 6.45) is -0.276. The quantitative estimate of drug-likeness (QED) is 0.346. The predicted molar refractivity (Wildman–Crippen MR) is 101 cm³/mol. The van der Waals surface area contributed by atoms with Crippen LogP contribution in [0, 0.1) is 5.82 Å². The average Bonchev–Trinajstić information content (AvgIpc) is 3.08. The Morgan fingerprint density at radius 1 is 1.39 bits per heavy atom. The maximum Gasteiger partial charge on any atom is 0.357 e. The number of hydrogen-bond donors (Lipinski definition) is 4. The number of nitrogens with two attached hydrogens (primary N) is 1. The van der Waals surface area contributed by atoms with Crippen LogP contribution < -0.4 is 15.8 Å². The molecule has 0 spiro atoms. The molecular weight excluding hydrogens is 413 g/mol. The molecule has 0 amide bonds. The van der Waals surface area contributed by atoms with Crippen LogP contribution in [0.2, 0.25) is 0 Å². The Morgan fingerprint density at radius 2 is 2.11 bits per heavy atom. The van der Waals surface area contributed by atoms with Crippen molar-refractivity contribution >= 4 is 44.1 Å². The Labute approximate surface area is 163 Å². The van der Waals surface area contributed by atoms with Crippen LogP contribution in [0.5, 0.6) is 0 Å². The van der Waals surface area contributed by atoms with Gasteiger partial charge in [0.1, 0.15) is 10.8 Å². The minimum Gasteiger partial charge on any atom is -0.476 e. The number of benzene rings is 1. The van der Waals surface area contributed by atoms with Crippen molar-refractivity contribution < 1.29 is 27.5 Å². The Bertz CT molecular complexity index is 1040. The third kappa shape index (κ3) is 5.23. The van der Waals surface area contributed by atoms with Crippen LogP contribution in [-0.2, 0) is 21.2 Å². The summed E-state index contributed by atoms with van der Waals surface area (Å²) < 4.78 is 41.1. The van der Waals surface area contributed by atoms with Gasteiger partial charge in [-0.15, -0.1) is 11.3 Å². The van der Waals surface area contributed by atoms with Crippen molar-refractivity contribution in [1.82, 2.24) is 10.3 Å². The highest BCUT2D eigenvalue weighted by Gasteiger charge is 2.22. The number of carbonyl (C=O) groups excluding carboxylic acids is 1. The van der Waals surface area contributed by atoms with Gasteiger partial charge in [0.25, 0.3) is 10.0 Å². The maximum absolute atomic E-state index is 14.3. The van der Waals surface area contributed by atoms with Crippen molar-refractivity contribution in [3.8, 4) is 0 Å². The van der Waals surface area contributed by atoms with E-state index >= 15 is 0 Å². The van der Waals surface area contributed by atoms with E-state index in [2.05, 4.69) is 20.0 Å². The zero-order valence-corrected chi connectivity index (χ0v) is 16.1. The number of guanidine groups is 1. The van der Waals surface area contributed by atoms with Gasteiger partial charge >= 0.3 is 5.97 Å². The third-order valence-electron chi connectivity index (χ3n) is 3.43. The molecule has 0 bridgehead atoms. The summed E-state index contributed by atoms with van der Waals surface area (Å²) in [5.41, 5.74) is 6.11. The summed E-state index contributed by atoms with van der Waals surface area (Å²) in [5.74, 6) is -2.61. The van der Waals surface area contributed by atoms with E-state index in [1.165, 1.54) is 18.6 Å². The minimum atomic E-state index is -4.24. The first-order valence-corrected chi connectivity index (χ1v) is 9.96. The molecule has 1 heterocycles. The number of sulfonamides is 1. The number of thiazole rings is 1. The number of aromatic nitrogens is 1. The van der Waals surface area contributed by atoms with Crippen LogP contribution in [0.1, 0.15) is 16.1 Å². The fraction of sp³-hybridized carbons (Fsp3) is 0.200. The van der Waals surface area contributed by atoms with Gasteiger partial charge in [0.15, 0.2) is 17.4 Å². The molecule has 0 saturated carbocycles. The highest BCUT2D eigenvalue weighted by atomic mass is 32.2. The minimum absolute atomic E-state index is 0.00164. The van der Waals surface area contributed by atoms with E-state index in [1.54, 1.807) is 0 Å². The fourth-order valence-corrected chi connectivity index (χ4v) is 4.03. The molecule has 28 heavy (non-hydrogen) atoms. The molecule has 0 aliphatic heterocycles. The van der Waals surface area contributed by atoms with E-state index in [1.807, 2.05) is 0 Å². The second kappa shape index (κ2) is 8.75. The fourth-order valence-electron chi connectivity index (χ4n) is 2.03. The number of carboxylic acids is 1. The standard InChI is InChI=1S/C15H16FN5O5S2/c1-18-15(17)19-6-9(22)4-8-2-3-10(5-11(8)16)28(25,26)21-13-12(14(23)24)20-7-27-13/h2-3,5,7,21H,4,6H2,1H3,(H,23,24)(H3,17,18,19). The lowest BCUT2D eigenvalue weighted by Crippen LogP contribution is -2.36. The number of carboxylic acid groups (broad SMARTS) is 1. The van der Waals surface area contributed by atoms with Gasteiger partial charge in [-0.1, -0.05) is 6.07 Å². The number of nitrogens with zero attached hydrogens (tertiary/aromatic N) is 2. The number of rotatable bonds is 8. The number of carbonyl (C=O) groups is 2. The Balaban J connectivity index is 2.15. The molecular formula is C15H16FN5O5S2. The van der Waals surface area contributed by atoms with Crippen LogP contribution in [0.4, 0.5) is 9.39 Å². The highest BCUT2D eigenvalue weighted by molar-refractivity contribution is 7.93. The van der Waals surface area contributed by atoms with Crippen LogP contribution in [0.15, 0.2) is 33.6 Å². The van der Waals surface area contributed by atoms with Crippen molar-refractivity contribution in [3.05, 3.63) is 40.8 Å². The van der Waals surface area contributed by atoms with Gasteiger partial charge in [-0.3, -0.25) is 14.5 Å². The molecule has 5 N–H and O–H groups in total. The first kappa shape index (κ1) is 21.2. The van der Waals surface area contributed by atoms with Crippen molar-refractivity contribution in [3.63, 3.8) is 0 Å². The zero-order chi connectivity index (χ0) is 20.9. The molecule has 0 fully saturated rings. The maximum atomic E-state index is 14.3. The number of aromatic carboxylic acids is 1. The van der Waals surface area contributed by atoms with Gasteiger partial charge in [0.2, 0.25) is 0 Å². The van der Waals surface area contributed by atoms with Gasteiger partial charge in [0, 0.05) is 13.5 Å². The smallest absolute Gasteiger partial charge is 0.357 e. The van der Waals surface area contributed by atoms with Gasteiger partial charge in [0.05, 0.1) is 17.0 Å². The average molecular weight is 429 g/mol. The SMILES string of the molecule is CN=C(N)NCC(=O)Cc1ccc(S(=O)(=O)Nc2scnc2C(=O)O)cc1F. The van der Waals surface area contributed by atoms with E-state index in [-0.39, 0.29) is 35.3 Å². The monoisotopic (exact) mass is 429 g/mol. The van der Waals surface area contributed by atoms with Gasteiger partial charge < -0.3 is 16.2 Å². The summed E-state index contributed by atoms with van der Waals surface area (Å²) >= 11 is 0.777. The molecule has 2 aromatic rings. The zero-order valence-electron chi connectivity index (χ0n) is 14.5. The van der Waals surface area contributed by atoms with Gasteiger partial charge in [-0.2, -0.15) is 0 Å². The van der Waals surface area contributed by atoms with Crippen LogP contribution >= 0.6 is 11.3 Å². The molecule has 150 valence electrons. The van der Waals surface area contributed by atoms with Crippen molar-refractivity contribution in [1.29, 1.82) is 0 Å². The number of aliphatic imine (C=N–C) groups is 1. The number of nitrogens with one attached hydrogen (secondary N) is 2. The lowest BCUT2D eigenvalue weighted by Gasteiger charge is -2.09. The van der Waals surface area contributed by atoms with Crippen LogP contribution in [0.25, 0.3) is 0 Å². The topological polar surface area (TPSA) is 164 Å². The molecule has 13 heteroatoms. The lowest BCUT2D eigenvalue weighted by atomic mass is 10.1. The molecule has 1 aromatic heterocycles.